The molecule has 1 aromatic heterocycles. The highest BCUT2D eigenvalue weighted by atomic mass is 35.5. The first kappa shape index (κ1) is 23.9. The zero-order chi connectivity index (χ0) is 24.5. The van der Waals surface area contributed by atoms with E-state index in [1.165, 1.54) is 36.2 Å². The average Bonchev–Trinajstić information content (AvgIpc) is 3.16. The number of nitrogens with two attached hydrogens (primary N) is 1. The molecule has 4 rings (SSSR count). The maximum atomic E-state index is 14.0. The summed E-state index contributed by atoms with van der Waals surface area (Å²) in [5.41, 5.74) is 1.86. The van der Waals surface area contributed by atoms with Crippen LogP contribution in [0, 0.1) is 5.82 Å². The molecule has 11 heteroatoms. The Balaban J connectivity index is 1.63. The summed E-state index contributed by atoms with van der Waals surface area (Å²) in [4.78, 5) is 12.4. The maximum absolute atomic E-state index is 14.0. The Morgan fingerprint density at radius 2 is 2.03 bits per heavy atom. The molecule has 1 aliphatic rings. The van der Waals surface area contributed by atoms with Gasteiger partial charge in [-0.25, -0.2) is 17.9 Å². The molecule has 2 aromatic carbocycles. The average molecular weight is 505 g/mol. The highest BCUT2D eigenvalue weighted by Crippen LogP contribution is 2.29. The van der Waals surface area contributed by atoms with E-state index in [9.17, 15) is 17.6 Å². The molecule has 0 saturated heterocycles. The van der Waals surface area contributed by atoms with E-state index in [1.54, 1.807) is 12.1 Å². The summed E-state index contributed by atoms with van der Waals surface area (Å²) in [6.45, 7) is 0.181. The second kappa shape index (κ2) is 9.57. The lowest BCUT2D eigenvalue weighted by Gasteiger charge is -2.12. The molecule has 1 amide bonds. The molecule has 0 unspecified atom stereocenters. The van der Waals surface area contributed by atoms with E-state index in [0.717, 1.165) is 12.8 Å². The number of aromatic nitrogens is 2. The number of nitrogens with one attached hydrogen (secondary N) is 1. The van der Waals surface area contributed by atoms with Crippen LogP contribution in [0.4, 0.5) is 10.1 Å². The number of ether oxygens (including phenoxy) is 1. The SMILES string of the molecule is COc1ccc(Cn2cc3c(S(N)(=O)=O)cc(NC(=O)CC4=CCCC=C4Cl)cc3n2)cc1F. The van der Waals surface area contributed by atoms with Crippen molar-refractivity contribution in [2.45, 2.75) is 30.7 Å². The third-order valence-electron chi connectivity index (χ3n) is 5.32. The van der Waals surface area contributed by atoms with Crippen LogP contribution < -0.4 is 15.2 Å². The van der Waals surface area contributed by atoms with Crippen LogP contribution in [0.5, 0.6) is 5.75 Å². The Morgan fingerprint density at radius 1 is 1.26 bits per heavy atom. The number of amides is 1. The number of allylic oxidation sites excluding steroid dienone is 3. The minimum atomic E-state index is -4.12. The number of carbonyl (C=O) groups is 1. The lowest BCUT2D eigenvalue weighted by molar-refractivity contribution is -0.115. The number of nitrogens with zero attached hydrogens (tertiary/aromatic N) is 2. The van der Waals surface area contributed by atoms with Crippen LogP contribution in [0.3, 0.4) is 0 Å². The van der Waals surface area contributed by atoms with Crippen LogP contribution in [0.15, 0.2) is 64.2 Å². The molecule has 0 aliphatic heterocycles. The molecule has 1 aliphatic carbocycles. The Bertz CT molecular complexity index is 1450. The summed E-state index contributed by atoms with van der Waals surface area (Å²) in [6.07, 6.45) is 6.96. The fourth-order valence-electron chi connectivity index (χ4n) is 3.76. The van der Waals surface area contributed by atoms with Gasteiger partial charge in [-0.05, 0) is 48.2 Å². The molecule has 8 nitrogen and oxygen atoms in total. The molecule has 34 heavy (non-hydrogen) atoms. The molecule has 3 N–H and O–H groups in total. The number of methoxy groups -OCH3 is 1. The van der Waals surface area contributed by atoms with Gasteiger partial charge in [0.2, 0.25) is 15.9 Å². The number of sulfonamides is 1. The first-order chi connectivity index (χ1) is 16.1. The number of benzene rings is 2. The Morgan fingerprint density at radius 3 is 2.71 bits per heavy atom. The first-order valence-electron chi connectivity index (χ1n) is 10.4. The molecule has 0 spiro atoms. The van der Waals surface area contributed by atoms with Gasteiger partial charge >= 0.3 is 0 Å². The second-order valence-electron chi connectivity index (χ2n) is 7.83. The van der Waals surface area contributed by atoms with Crippen molar-refractivity contribution < 1.29 is 22.3 Å². The number of anilines is 1. The van der Waals surface area contributed by atoms with E-state index < -0.39 is 15.8 Å². The van der Waals surface area contributed by atoms with E-state index >= 15 is 0 Å². The van der Waals surface area contributed by atoms with Gasteiger partial charge < -0.3 is 10.1 Å². The second-order valence-corrected chi connectivity index (χ2v) is 9.77. The third-order valence-corrected chi connectivity index (χ3v) is 6.67. The quantitative estimate of drug-likeness (QED) is 0.503. The summed E-state index contributed by atoms with van der Waals surface area (Å²) >= 11 is 6.16. The van der Waals surface area contributed by atoms with Crippen molar-refractivity contribution in [2.24, 2.45) is 5.14 Å². The van der Waals surface area contributed by atoms with E-state index in [2.05, 4.69) is 10.4 Å². The van der Waals surface area contributed by atoms with Crippen LogP contribution in [0.1, 0.15) is 24.8 Å². The molecule has 0 saturated carbocycles. The van der Waals surface area contributed by atoms with Crippen LogP contribution in [-0.2, 0) is 21.4 Å². The maximum Gasteiger partial charge on any atom is 0.238 e. The number of primary sulfonamides is 1. The van der Waals surface area contributed by atoms with Crippen molar-refractivity contribution >= 4 is 44.1 Å². The summed E-state index contributed by atoms with van der Waals surface area (Å²) in [7, 11) is -2.75. The normalized spacial score (nSPS) is 14.0. The summed E-state index contributed by atoms with van der Waals surface area (Å²) in [5.74, 6) is -0.755. The van der Waals surface area contributed by atoms with E-state index in [-0.39, 0.29) is 40.6 Å². The van der Waals surface area contributed by atoms with E-state index in [0.29, 0.717) is 21.7 Å². The fraction of sp³-hybridized carbons (Fsp3) is 0.217. The van der Waals surface area contributed by atoms with Gasteiger partial charge in [0.15, 0.2) is 11.6 Å². The standard InChI is InChI=1S/C23H22ClFN4O4S/c1-33-21-7-6-14(8-19(21)25)12-29-13-17-20(28-29)10-16(11-22(17)34(26,31)32)27-23(30)9-15-4-2-3-5-18(15)24/h4-8,10-11,13H,2-3,9,12H2,1H3,(H,27,30)(H2,26,31,32). The number of halogens is 2. The molecule has 0 radical (unpaired) electrons. The number of rotatable bonds is 7. The molecular weight excluding hydrogens is 483 g/mol. The van der Waals surface area contributed by atoms with Crippen molar-refractivity contribution in [3.05, 3.63) is 70.7 Å². The van der Waals surface area contributed by atoms with Crippen molar-refractivity contribution in [3.8, 4) is 5.75 Å². The molecule has 1 heterocycles. The lowest BCUT2D eigenvalue weighted by Crippen LogP contribution is -2.15. The molecular formula is C23H22ClFN4O4S. The van der Waals surface area contributed by atoms with Crippen LogP contribution in [0.25, 0.3) is 10.9 Å². The number of hydrogen-bond donors (Lipinski definition) is 2. The van der Waals surface area contributed by atoms with Gasteiger partial charge in [-0.3, -0.25) is 9.48 Å². The number of hydrogen-bond acceptors (Lipinski definition) is 5. The molecule has 0 bridgehead atoms. The molecule has 178 valence electrons. The fourth-order valence-corrected chi connectivity index (χ4v) is 4.76. The van der Waals surface area contributed by atoms with Gasteiger partial charge in [-0.15, -0.1) is 0 Å². The first-order valence-corrected chi connectivity index (χ1v) is 12.3. The van der Waals surface area contributed by atoms with Crippen molar-refractivity contribution in [2.75, 3.05) is 12.4 Å². The van der Waals surface area contributed by atoms with Crippen LogP contribution in [-0.4, -0.2) is 31.2 Å². The minimum absolute atomic E-state index is 0.0511. The predicted molar refractivity (Wildman–Crippen MR) is 128 cm³/mol. The summed E-state index contributed by atoms with van der Waals surface area (Å²) < 4.78 is 45.0. The zero-order valence-corrected chi connectivity index (χ0v) is 19.8. The lowest BCUT2D eigenvalue weighted by atomic mass is 10.0. The Hall–Kier alpha value is -3.21. The van der Waals surface area contributed by atoms with Crippen molar-refractivity contribution in [3.63, 3.8) is 0 Å². The minimum Gasteiger partial charge on any atom is -0.494 e. The largest absolute Gasteiger partial charge is 0.494 e. The van der Waals surface area contributed by atoms with Gasteiger partial charge in [0.1, 0.15) is 0 Å². The Labute approximate surface area is 200 Å². The number of carbonyl (C=O) groups excluding carboxylic acids is 1. The van der Waals surface area contributed by atoms with Crippen LogP contribution in [0.2, 0.25) is 0 Å². The smallest absolute Gasteiger partial charge is 0.238 e. The van der Waals surface area contributed by atoms with Gasteiger partial charge in [-0.1, -0.05) is 29.8 Å². The number of fused-ring (bicyclic) bond motifs is 1. The predicted octanol–water partition coefficient (Wildman–Crippen LogP) is 4.05. The monoisotopic (exact) mass is 504 g/mol. The van der Waals surface area contributed by atoms with Gasteiger partial charge in [-0.2, -0.15) is 5.10 Å². The highest BCUT2D eigenvalue weighted by molar-refractivity contribution is 7.89. The van der Waals surface area contributed by atoms with Gasteiger partial charge in [0, 0.05) is 22.3 Å². The Kier molecular flexibility index (Phi) is 6.74. The molecule has 3 aromatic rings. The van der Waals surface area contributed by atoms with Crippen molar-refractivity contribution in [1.29, 1.82) is 0 Å². The third kappa shape index (κ3) is 5.30. The summed E-state index contributed by atoms with van der Waals surface area (Å²) in [5, 5.41) is 13.3. The summed E-state index contributed by atoms with van der Waals surface area (Å²) in [6, 6.07) is 7.35. The van der Waals surface area contributed by atoms with Gasteiger partial charge in [0.25, 0.3) is 0 Å². The highest BCUT2D eigenvalue weighted by Gasteiger charge is 2.19. The van der Waals surface area contributed by atoms with Crippen LogP contribution >= 0.6 is 11.6 Å². The molecule has 0 atom stereocenters. The topological polar surface area (TPSA) is 116 Å². The van der Waals surface area contributed by atoms with E-state index in [1.807, 2.05) is 12.2 Å². The van der Waals surface area contributed by atoms with E-state index in [4.69, 9.17) is 21.5 Å². The zero-order valence-electron chi connectivity index (χ0n) is 18.2. The molecule has 0 fully saturated rings. The van der Waals surface area contributed by atoms with Crippen molar-refractivity contribution in [1.82, 2.24) is 9.78 Å². The van der Waals surface area contributed by atoms with Gasteiger partial charge in [0.05, 0.1) is 30.5 Å².